The van der Waals surface area contributed by atoms with E-state index >= 15 is 0 Å². The lowest BCUT2D eigenvalue weighted by molar-refractivity contribution is 0.122. The van der Waals surface area contributed by atoms with Crippen molar-refractivity contribution in [3.63, 3.8) is 0 Å². The maximum absolute atomic E-state index is 14.2. The topological polar surface area (TPSA) is 108 Å². The average Bonchev–Trinajstić information content (AvgIpc) is 2.92. The van der Waals surface area contributed by atoms with E-state index in [9.17, 15) is 9.50 Å². The van der Waals surface area contributed by atoms with Crippen LogP contribution in [0.5, 0.6) is 5.75 Å². The first-order valence-electron chi connectivity index (χ1n) is 11.9. The van der Waals surface area contributed by atoms with Crippen molar-refractivity contribution in [3.05, 3.63) is 84.1 Å². The number of halogens is 1. The number of benzene rings is 2. The highest BCUT2D eigenvalue weighted by molar-refractivity contribution is 5.69. The van der Waals surface area contributed by atoms with Crippen molar-refractivity contribution in [2.45, 2.75) is 13.5 Å². The van der Waals surface area contributed by atoms with Gasteiger partial charge in [0.25, 0.3) is 5.95 Å². The van der Waals surface area contributed by atoms with Gasteiger partial charge in [0.2, 0.25) is 0 Å². The summed E-state index contributed by atoms with van der Waals surface area (Å²) in [5.74, 6) is 0.0675. The number of azo groups is 1. The Labute approximate surface area is 213 Å². The molecule has 0 atom stereocenters. The van der Waals surface area contributed by atoms with E-state index in [1.54, 1.807) is 18.3 Å². The molecule has 9 nitrogen and oxygen atoms in total. The number of anilines is 3. The summed E-state index contributed by atoms with van der Waals surface area (Å²) in [6.07, 6.45) is 2.87. The molecule has 3 heterocycles. The fourth-order valence-corrected chi connectivity index (χ4v) is 3.98. The van der Waals surface area contributed by atoms with Gasteiger partial charge < -0.3 is 20.1 Å². The van der Waals surface area contributed by atoms with Crippen LogP contribution in [0.15, 0.2) is 77.2 Å². The van der Waals surface area contributed by atoms with Crippen molar-refractivity contribution in [2.24, 2.45) is 10.2 Å². The smallest absolute Gasteiger partial charge is 0.270 e. The molecule has 0 bridgehead atoms. The van der Waals surface area contributed by atoms with E-state index in [1.807, 2.05) is 54.3 Å². The lowest BCUT2D eigenvalue weighted by atomic mass is 10.1. The van der Waals surface area contributed by atoms with Crippen LogP contribution in [-0.2, 0) is 11.3 Å². The monoisotopic (exact) mass is 499 g/mol. The van der Waals surface area contributed by atoms with E-state index in [4.69, 9.17) is 4.74 Å². The molecule has 10 heteroatoms. The molecule has 0 unspecified atom stereocenters. The van der Waals surface area contributed by atoms with E-state index in [-0.39, 0.29) is 24.1 Å². The van der Waals surface area contributed by atoms with E-state index in [0.29, 0.717) is 26.3 Å². The quantitative estimate of drug-likeness (QED) is 0.321. The minimum Gasteiger partial charge on any atom is -0.508 e. The minimum atomic E-state index is -0.491. The first kappa shape index (κ1) is 24.3. The molecule has 188 valence electrons. The van der Waals surface area contributed by atoms with E-state index < -0.39 is 5.82 Å². The van der Waals surface area contributed by atoms with Crippen LogP contribution in [-0.4, -0.2) is 46.4 Å². The summed E-state index contributed by atoms with van der Waals surface area (Å²) in [7, 11) is 0. The Bertz CT molecular complexity index is 1410. The van der Waals surface area contributed by atoms with Crippen molar-refractivity contribution < 1.29 is 14.2 Å². The Balaban J connectivity index is 1.21. The number of hydrogen-bond donors (Lipinski definition) is 2. The first-order chi connectivity index (χ1) is 18.0. The number of morpholine rings is 1. The molecular weight excluding hydrogens is 473 g/mol. The van der Waals surface area contributed by atoms with Gasteiger partial charge in [-0.25, -0.2) is 9.37 Å². The second-order valence-electron chi connectivity index (χ2n) is 8.58. The molecule has 1 aliphatic rings. The lowest BCUT2D eigenvalue weighted by Gasteiger charge is -2.27. The molecule has 37 heavy (non-hydrogen) atoms. The molecular formula is C27H26FN7O2. The molecule has 1 aliphatic heterocycles. The zero-order valence-electron chi connectivity index (χ0n) is 20.3. The number of nitrogens with zero attached hydrogens (tertiary/aromatic N) is 6. The fourth-order valence-electron chi connectivity index (χ4n) is 3.98. The number of phenolic OH excluding ortho intramolecular Hbond substituents is 1. The van der Waals surface area contributed by atoms with Gasteiger partial charge in [-0.15, -0.1) is 5.11 Å². The van der Waals surface area contributed by atoms with Gasteiger partial charge in [-0.1, -0.05) is 24.3 Å². The molecule has 2 aromatic heterocycles. The molecule has 0 amide bonds. The summed E-state index contributed by atoms with van der Waals surface area (Å²) in [6.45, 7) is 4.42. The van der Waals surface area contributed by atoms with Crippen LogP contribution in [0.25, 0.3) is 11.1 Å². The Kier molecular flexibility index (Phi) is 7.27. The number of hydrogen-bond acceptors (Lipinski definition) is 9. The zero-order chi connectivity index (χ0) is 25.6. The Morgan fingerprint density at radius 2 is 1.84 bits per heavy atom. The van der Waals surface area contributed by atoms with Gasteiger partial charge in [0, 0.05) is 18.8 Å². The van der Waals surface area contributed by atoms with Crippen LogP contribution in [0, 0.1) is 12.7 Å². The lowest BCUT2D eigenvalue weighted by Crippen LogP contribution is -2.37. The van der Waals surface area contributed by atoms with Gasteiger partial charge in [0.15, 0.2) is 11.6 Å². The van der Waals surface area contributed by atoms with Crippen molar-refractivity contribution in [2.75, 3.05) is 36.5 Å². The number of aromatic hydroxyl groups is 1. The van der Waals surface area contributed by atoms with Crippen LogP contribution in [0.1, 0.15) is 11.3 Å². The molecule has 0 spiro atoms. The third-order valence-corrected chi connectivity index (χ3v) is 5.93. The highest BCUT2D eigenvalue weighted by Crippen LogP contribution is 2.27. The zero-order valence-corrected chi connectivity index (χ0v) is 20.3. The summed E-state index contributed by atoms with van der Waals surface area (Å²) in [5, 5.41) is 21.3. The largest absolute Gasteiger partial charge is 0.508 e. The fraction of sp³-hybridized carbons (Fsp3) is 0.222. The molecule has 0 radical (unpaired) electrons. The third kappa shape index (κ3) is 6.04. The van der Waals surface area contributed by atoms with Gasteiger partial charge in [0.05, 0.1) is 37.0 Å². The maximum atomic E-state index is 14.2. The summed E-state index contributed by atoms with van der Waals surface area (Å²) in [4.78, 5) is 14.4. The van der Waals surface area contributed by atoms with Crippen molar-refractivity contribution >= 4 is 23.1 Å². The molecule has 1 saturated heterocycles. The second kappa shape index (κ2) is 11.1. The SMILES string of the molecule is Cc1cc(CN=Nc2ncc(F)c(N3CCOCC3)n2)ncc1Nc1ccc(-c2cccc(O)c2)cc1. The second-order valence-corrected chi connectivity index (χ2v) is 8.58. The molecule has 5 rings (SSSR count). The predicted molar refractivity (Wildman–Crippen MR) is 139 cm³/mol. The normalized spacial score (nSPS) is 13.7. The van der Waals surface area contributed by atoms with E-state index in [1.165, 1.54) is 0 Å². The summed E-state index contributed by atoms with van der Waals surface area (Å²) >= 11 is 0. The molecule has 1 fully saturated rings. The number of nitrogens with one attached hydrogen (secondary N) is 1. The molecule has 2 aromatic carbocycles. The van der Waals surface area contributed by atoms with Crippen LogP contribution < -0.4 is 10.2 Å². The molecule has 4 aromatic rings. The van der Waals surface area contributed by atoms with Gasteiger partial charge in [-0.2, -0.15) is 10.1 Å². The molecule has 0 aliphatic carbocycles. The number of aromatic nitrogens is 3. The van der Waals surface area contributed by atoms with Crippen molar-refractivity contribution in [1.29, 1.82) is 0 Å². The maximum Gasteiger partial charge on any atom is 0.270 e. The highest BCUT2D eigenvalue weighted by atomic mass is 19.1. The number of pyridine rings is 1. The van der Waals surface area contributed by atoms with Gasteiger partial charge in [0.1, 0.15) is 12.3 Å². The highest BCUT2D eigenvalue weighted by Gasteiger charge is 2.17. The van der Waals surface area contributed by atoms with E-state index in [2.05, 4.69) is 30.5 Å². The third-order valence-electron chi connectivity index (χ3n) is 5.93. The first-order valence-corrected chi connectivity index (χ1v) is 11.9. The van der Waals surface area contributed by atoms with Gasteiger partial charge in [-0.05, 0) is 53.9 Å². The average molecular weight is 500 g/mol. The Hall–Kier alpha value is -4.44. The minimum absolute atomic E-state index is 0.104. The van der Waals surface area contributed by atoms with Gasteiger partial charge >= 0.3 is 0 Å². The van der Waals surface area contributed by atoms with Gasteiger partial charge in [-0.3, -0.25) is 4.98 Å². The van der Waals surface area contributed by atoms with Crippen molar-refractivity contribution in [1.82, 2.24) is 15.0 Å². The number of aryl methyl sites for hydroxylation is 1. The summed E-state index contributed by atoms with van der Waals surface area (Å²) in [6, 6.07) is 17.1. The van der Waals surface area contributed by atoms with Crippen molar-refractivity contribution in [3.8, 4) is 16.9 Å². The van der Waals surface area contributed by atoms with Crippen LogP contribution >= 0.6 is 0 Å². The Morgan fingerprint density at radius 1 is 1.03 bits per heavy atom. The molecule has 2 N–H and O–H groups in total. The predicted octanol–water partition coefficient (Wildman–Crippen LogP) is 5.56. The molecule has 0 saturated carbocycles. The number of phenols is 1. The summed E-state index contributed by atoms with van der Waals surface area (Å²) < 4.78 is 19.5. The van der Waals surface area contributed by atoms with Crippen LogP contribution in [0.4, 0.5) is 27.5 Å². The number of ether oxygens (including phenoxy) is 1. The standard InChI is InChI=1S/C27H26FN7O2/c1-18-13-22(15-31-34-27-30-16-24(28)26(33-27)35-9-11-37-12-10-35)29-17-25(18)32-21-7-5-19(6-8-21)20-3-2-4-23(36)14-20/h2-8,13-14,16-17,32,36H,9-12,15H2,1H3. The summed E-state index contributed by atoms with van der Waals surface area (Å²) in [5.41, 5.74) is 5.51. The van der Waals surface area contributed by atoms with E-state index in [0.717, 1.165) is 40.0 Å². The number of rotatable bonds is 7. The van der Waals surface area contributed by atoms with Crippen LogP contribution in [0.3, 0.4) is 0 Å². The van der Waals surface area contributed by atoms with Crippen LogP contribution in [0.2, 0.25) is 0 Å². The Morgan fingerprint density at radius 3 is 2.59 bits per heavy atom.